The highest BCUT2D eigenvalue weighted by Gasteiger charge is 2.20. The molecular formula is C22H25Cl2N5O2. The maximum absolute atomic E-state index is 13.0. The van der Waals surface area contributed by atoms with E-state index in [0.29, 0.717) is 26.9 Å². The van der Waals surface area contributed by atoms with Crippen LogP contribution >= 0.6 is 23.2 Å². The van der Waals surface area contributed by atoms with Crippen LogP contribution in [0.15, 0.2) is 42.7 Å². The second-order valence-corrected chi connectivity index (χ2v) is 8.39. The molecule has 1 amide bonds. The van der Waals surface area contributed by atoms with Gasteiger partial charge in [-0.1, -0.05) is 29.6 Å². The number of benzene rings is 1. The Bertz CT molecular complexity index is 1060. The smallest absolute Gasteiger partial charge is 0.251 e. The minimum atomic E-state index is -0.415. The summed E-state index contributed by atoms with van der Waals surface area (Å²) in [5, 5.41) is 6.20. The summed E-state index contributed by atoms with van der Waals surface area (Å²) >= 11 is 12.6. The van der Waals surface area contributed by atoms with Gasteiger partial charge in [0.2, 0.25) is 0 Å². The number of fused-ring (bicyclic) bond motifs is 1. The molecule has 1 atom stereocenters. The van der Waals surface area contributed by atoms with Crippen molar-refractivity contribution in [3.8, 4) is 0 Å². The number of aromatic nitrogens is 2. The number of nitrogens with zero attached hydrogens (tertiary/aromatic N) is 3. The topological polar surface area (TPSA) is 70.9 Å². The first-order chi connectivity index (χ1) is 15.0. The van der Waals surface area contributed by atoms with Crippen molar-refractivity contribution in [1.82, 2.24) is 20.1 Å². The van der Waals surface area contributed by atoms with Crippen LogP contribution in [0.25, 0.3) is 5.65 Å². The van der Waals surface area contributed by atoms with Gasteiger partial charge < -0.3 is 19.5 Å². The van der Waals surface area contributed by atoms with Gasteiger partial charge in [0.15, 0.2) is 0 Å². The zero-order valence-corrected chi connectivity index (χ0v) is 18.8. The third-order valence-electron chi connectivity index (χ3n) is 5.30. The zero-order valence-electron chi connectivity index (χ0n) is 17.3. The van der Waals surface area contributed by atoms with Crippen LogP contribution in [0.2, 0.25) is 10.0 Å². The summed E-state index contributed by atoms with van der Waals surface area (Å²) in [5.74, 6) is -0.241. The number of hydrogen-bond donors (Lipinski definition) is 2. The van der Waals surface area contributed by atoms with Crippen LogP contribution in [0.5, 0.6) is 0 Å². The fourth-order valence-corrected chi connectivity index (χ4v) is 4.13. The summed E-state index contributed by atoms with van der Waals surface area (Å²) in [6.45, 7) is 2.09. The van der Waals surface area contributed by atoms with Gasteiger partial charge in [-0.25, -0.2) is 10.4 Å². The summed E-state index contributed by atoms with van der Waals surface area (Å²) in [7, 11) is 1.59. The van der Waals surface area contributed by atoms with Gasteiger partial charge >= 0.3 is 0 Å². The van der Waals surface area contributed by atoms with Gasteiger partial charge in [-0.15, -0.1) is 0 Å². The maximum atomic E-state index is 13.0. The lowest BCUT2D eigenvalue weighted by molar-refractivity contribution is 0.0894. The SMILES string of the molecule is COCC(NC(=O)c1ccc(N2CCCCCN2)c(Cl)c1)c1cn2ccc(Cl)cc2n1. The Balaban J connectivity index is 1.52. The minimum Gasteiger partial charge on any atom is -0.382 e. The third-order valence-corrected chi connectivity index (χ3v) is 5.84. The molecule has 7 nitrogen and oxygen atoms in total. The Morgan fingerprint density at radius 2 is 2.13 bits per heavy atom. The number of anilines is 1. The molecular weight excluding hydrogens is 437 g/mol. The molecule has 0 saturated carbocycles. The second kappa shape index (κ2) is 9.87. The number of nitrogens with one attached hydrogen (secondary N) is 2. The molecule has 9 heteroatoms. The number of hydrazine groups is 1. The molecule has 1 aliphatic heterocycles. The molecule has 2 N–H and O–H groups in total. The fraction of sp³-hybridized carbons (Fsp3) is 0.364. The van der Waals surface area contributed by atoms with Crippen molar-refractivity contribution < 1.29 is 9.53 Å². The van der Waals surface area contributed by atoms with Crippen LogP contribution in [0, 0.1) is 0 Å². The lowest BCUT2D eigenvalue weighted by Gasteiger charge is -2.24. The van der Waals surface area contributed by atoms with Crippen molar-refractivity contribution in [2.45, 2.75) is 25.3 Å². The highest BCUT2D eigenvalue weighted by Crippen LogP contribution is 2.27. The van der Waals surface area contributed by atoms with E-state index in [1.165, 1.54) is 6.42 Å². The van der Waals surface area contributed by atoms with Crippen LogP contribution in [-0.4, -0.2) is 42.1 Å². The second-order valence-electron chi connectivity index (χ2n) is 7.54. The van der Waals surface area contributed by atoms with Gasteiger partial charge in [0.05, 0.1) is 29.1 Å². The quantitative estimate of drug-likeness (QED) is 0.573. The molecule has 0 radical (unpaired) electrons. The average Bonchev–Trinajstić information content (AvgIpc) is 2.98. The summed E-state index contributed by atoms with van der Waals surface area (Å²) < 4.78 is 7.17. The normalized spacial score (nSPS) is 15.6. The average molecular weight is 462 g/mol. The molecule has 4 rings (SSSR count). The predicted molar refractivity (Wildman–Crippen MR) is 123 cm³/mol. The van der Waals surface area contributed by atoms with Crippen LogP contribution in [-0.2, 0) is 4.74 Å². The number of hydrogen-bond acceptors (Lipinski definition) is 5. The standard InChI is InChI=1S/C22H25Cl2N5O2/c1-31-14-19(18-13-28-10-7-16(23)12-21(28)26-18)27-22(30)15-5-6-20(17(24)11-15)29-9-4-2-3-8-25-29/h5-7,10-13,19,25H,2-4,8-9,14H2,1H3,(H,27,30). The first-order valence-corrected chi connectivity index (χ1v) is 11.1. The Hall–Kier alpha value is -2.32. The molecule has 0 aliphatic carbocycles. The van der Waals surface area contributed by atoms with Gasteiger partial charge in [-0.2, -0.15) is 0 Å². The highest BCUT2D eigenvalue weighted by molar-refractivity contribution is 6.33. The van der Waals surface area contributed by atoms with E-state index in [-0.39, 0.29) is 12.5 Å². The van der Waals surface area contributed by atoms with Crippen molar-refractivity contribution in [2.75, 3.05) is 31.8 Å². The Morgan fingerprint density at radius 3 is 2.94 bits per heavy atom. The van der Waals surface area contributed by atoms with Crippen molar-refractivity contribution >= 4 is 40.4 Å². The lowest BCUT2D eigenvalue weighted by atomic mass is 10.1. The van der Waals surface area contributed by atoms with Gasteiger partial charge in [0.25, 0.3) is 5.91 Å². The van der Waals surface area contributed by atoms with E-state index in [0.717, 1.165) is 31.6 Å². The first-order valence-electron chi connectivity index (χ1n) is 10.3. The summed E-state index contributed by atoms with van der Waals surface area (Å²) in [6, 6.07) is 8.51. The number of imidazole rings is 1. The van der Waals surface area contributed by atoms with Crippen molar-refractivity contribution in [3.05, 3.63) is 64.0 Å². The van der Waals surface area contributed by atoms with Gasteiger partial charge in [-0.05, 0) is 43.2 Å². The molecule has 2 aromatic heterocycles. The monoisotopic (exact) mass is 461 g/mol. The minimum absolute atomic E-state index is 0.241. The predicted octanol–water partition coefficient (Wildman–Crippen LogP) is 4.25. The zero-order chi connectivity index (χ0) is 21.8. The van der Waals surface area contributed by atoms with Crippen molar-refractivity contribution in [3.63, 3.8) is 0 Å². The maximum Gasteiger partial charge on any atom is 0.251 e. The molecule has 1 fully saturated rings. The van der Waals surface area contributed by atoms with Gasteiger partial charge in [-0.3, -0.25) is 4.79 Å². The molecule has 1 unspecified atom stereocenters. The molecule has 1 aromatic carbocycles. The molecule has 3 heterocycles. The summed E-state index contributed by atoms with van der Waals surface area (Å²) in [4.78, 5) is 17.5. The molecule has 1 aliphatic rings. The Morgan fingerprint density at radius 1 is 1.26 bits per heavy atom. The van der Waals surface area contributed by atoms with Crippen molar-refractivity contribution in [1.29, 1.82) is 0 Å². The largest absolute Gasteiger partial charge is 0.382 e. The molecule has 3 aromatic rings. The lowest BCUT2D eigenvalue weighted by Crippen LogP contribution is -2.38. The number of carbonyl (C=O) groups excluding carboxylic acids is 1. The number of pyridine rings is 1. The van der Waals surface area contributed by atoms with E-state index >= 15 is 0 Å². The third kappa shape index (κ3) is 5.13. The number of methoxy groups -OCH3 is 1. The van der Waals surface area contributed by atoms with Gasteiger partial charge in [0, 0.05) is 43.2 Å². The van der Waals surface area contributed by atoms with Gasteiger partial charge in [0.1, 0.15) is 5.65 Å². The number of carbonyl (C=O) groups is 1. The number of rotatable bonds is 6. The molecule has 31 heavy (non-hydrogen) atoms. The van der Waals surface area contributed by atoms with E-state index in [2.05, 4.69) is 20.7 Å². The number of ether oxygens (including phenoxy) is 1. The number of amides is 1. The summed E-state index contributed by atoms with van der Waals surface area (Å²) in [6.07, 6.45) is 7.13. The van der Waals surface area contributed by atoms with E-state index in [1.54, 1.807) is 31.4 Å². The van der Waals surface area contributed by atoms with E-state index < -0.39 is 6.04 Å². The molecule has 164 valence electrons. The highest BCUT2D eigenvalue weighted by atomic mass is 35.5. The Labute approximate surface area is 191 Å². The van der Waals surface area contributed by atoms with E-state index in [9.17, 15) is 4.79 Å². The van der Waals surface area contributed by atoms with E-state index in [1.807, 2.05) is 22.9 Å². The van der Waals surface area contributed by atoms with Crippen molar-refractivity contribution in [2.24, 2.45) is 0 Å². The molecule has 1 saturated heterocycles. The Kier molecular flexibility index (Phi) is 6.97. The van der Waals surface area contributed by atoms with Crippen LogP contribution < -0.4 is 15.8 Å². The molecule has 0 spiro atoms. The fourth-order valence-electron chi connectivity index (χ4n) is 3.69. The summed E-state index contributed by atoms with van der Waals surface area (Å²) in [5.41, 5.74) is 6.14. The molecule has 0 bridgehead atoms. The van der Waals surface area contributed by atoms with Crippen LogP contribution in [0.3, 0.4) is 0 Å². The van der Waals surface area contributed by atoms with Crippen LogP contribution in [0.4, 0.5) is 5.69 Å². The number of halogens is 2. The first kappa shape index (κ1) is 21.9. The van der Waals surface area contributed by atoms with E-state index in [4.69, 9.17) is 27.9 Å². The van der Waals surface area contributed by atoms with Crippen LogP contribution in [0.1, 0.15) is 41.4 Å².